The first-order valence-corrected chi connectivity index (χ1v) is 9.91. The first kappa shape index (κ1) is 20.1. The molecule has 0 radical (unpaired) electrons. The summed E-state index contributed by atoms with van der Waals surface area (Å²) >= 11 is 0. The van der Waals surface area contributed by atoms with E-state index in [1.54, 1.807) is 39.0 Å². The second-order valence-corrected chi connectivity index (χ2v) is 9.18. The van der Waals surface area contributed by atoms with Crippen LogP contribution < -0.4 is 10.3 Å². The van der Waals surface area contributed by atoms with E-state index < -0.39 is 15.9 Å². The smallest absolute Gasteiger partial charge is 0.266 e. The molecule has 5 nitrogen and oxygen atoms in total. The summed E-state index contributed by atoms with van der Waals surface area (Å²) in [4.78, 5) is 14.7. The van der Waals surface area contributed by atoms with Crippen molar-refractivity contribution in [3.63, 3.8) is 0 Å². The Bertz CT molecular complexity index is 919. The van der Waals surface area contributed by atoms with Gasteiger partial charge in [0.1, 0.15) is 0 Å². The highest BCUT2D eigenvalue weighted by atomic mass is 32.2. The van der Waals surface area contributed by atoms with Crippen molar-refractivity contribution in [3.8, 4) is 0 Å². The van der Waals surface area contributed by atoms with E-state index in [4.69, 9.17) is 0 Å². The molecule has 0 aromatic heterocycles. The van der Waals surface area contributed by atoms with Crippen molar-refractivity contribution in [2.24, 2.45) is 0 Å². The monoisotopic (exact) mass is 374 g/mol. The predicted molar refractivity (Wildman–Crippen MR) is 104 cm³/mol. The molecule has 2 rings (SSSR count). The fourth-order valence-corrected chi connectivity index (χ4v) is 4.16. The fraction of sp³-hybridized carbons (Fsp3) is 0.350. The Morgan fingerprint density at radius 2 is 1.46 bits per heavy atom. The van der Waals surface area contributed by atoms with Gasteiger partial charge in [-0.3, -0.25) is 10.2 Å². The van der Waals surface area contributed by atoms with Gasteiger partial charge in [0, 0.05) is 5.56 Å². The molecule has 0 aliphatic heterocycles. The van der Waals surface area contributed by atoms with Crippen molar-refractivity contribution >= 4 is 15.9 Å². The van der Waals surface area contributed by atoms with Gasteiger partial charge in [0.15, 0.2) is 0 Å². The molecule has 0 saturated carbocycles. The number of rotatable bonds is 4. The first-order chi connectivity index (χ1) is 11.9. The maximum atomic E-state index is 12.7. The van der Waals surface area contributed by atoms with Crippen LogP contribution in [0.5, 0.6) is 0 Å². The highest BCUT2D eigenvalue weighted by Crippen LogP contribution is 2.28. The number of carbonyl (C=O) groups excluding carboxylic acids is 1. The maximum absolute atomic E-state index is 12.7. The van der Waals surface area contributed by atoms with Gasteiger partial charge < -0.3 is 0 Å². The Hall–Kier alpha value is -2.18. The largest absolute Gasteiger partial charge is 0.273 e. The number of carbonyl (C=O) groups is 1. The number of hydrogen-bond acceptors (Lipinski definition) is 3. The van der Waals surface area contributed by atoms with Crippen LogP contribution in [0.25, 0.3) is 0 Å². The van der Waals surface area contributed by atoms with Crippen molar-refractivity contribution in [1.82, 2.24) is 10.3 Å². The molecule has 6 heteroatoms. The maximum Gasteiger partial charge on any atom is 0.266 e. The molecule has 0 saturated heterocycles. The summed E-state index contributed by atoms with van der Waals surface area (Å²) in [5.74, 6) is -0.492. The normalized spacial score (nSPS) is 12.1. The minimum Gasteiger partial charge on any atom is -0.273 e. The third-order valence-electron chi connectivity index (χ3n) is 4.28. The van der Waals surface area contributed by atoms with E-state index in [0.29, 0.717) is 16.7 Å². The summed E-state index contributed by atoms with van der Waals surface area (Å²) in [5.41, 5.74) is 5.77. The van der Waals surface area contributed by atoms with E-state index in [2.05, 4.69) is 31.0 Å². The molecule has 140 valence electrons. The van der Waals surface area contributed by atoms with Crippen LogP contribution in [0.1, 0.15) is 53.4 Å². The highest BCUT2D eigenvalue weighted by molar-refractivity contribution is 7.89. The zero-order chi connectivity index (χ0) is 19.7. The van der Waals surface area contributed by atoms with Crippen molar-refractivity contribution < 1.29 is 13.2 Å². The van der Waals surface area contributed by atoms with Crippen LogP contribution in [0.2, 0.25) is 0 Å². The summed E-state index contributed by atoms with van der Waals surface area (Å²) in [6, 6.07) is 10.8. The molecule has 0 heterocycles. The Labute approximate surface area is 155 Å². The van der Waals surface area contributed by atoms with Crippen LogP contribution in [-0.2, 0) is 15.4 Å². The molecular weight excluding hydrogens is 348 g/mol. The number of nitrogens with one attached hydrogen (secondary N) is 2. The third kappa shape index (κ3) is 4.31. The molecule has 2 aromatic rings. The van der Waals surface area contributed by atoms with Crippen LogP contribution in [-0.4, -0.2) is 14.3 Å². The summed E-state index contributed by atoms with van der Waals surface area (Å²) in [5, 5.41) is 0. The van der Waals surface area contributed by atoms with Crippen LogP contribution in [0, 0.1) is 20.8 Å². The first-order valence-electron chi connectivity index (χ1n) is 8.43. The van der Waals surface area contributed by atoms with Gasteiger partial charge in [-0.25, -0.2) is 8.42 Å². The number of amides is 1. The Balaban J connectivity index is 2.28. The fourth-order valence-electron chi connectivity index (χ4n) is 2.87. The Morgan fingerprint density at radius 3 is 1.96 bits per heavy atom. The van der Waals surface area contributed by atoms with Gasteiger partial charge in [0.25, 0.3) is 15.9 Å². The van der Waals surface area contributed by atoms with E-state index >= 15 is 0 Å². The van der Waals surface area contributed by atoms with Gasteiger partial charge in [-0.1, -0.05) is 51.1 Å². The van der Waals surface area contributed by atoms with Crippen LogP contribution in [0.4, 0.5) is 0 Å². The lowest BCUT2D eigenvalue weighted by Crippen LogP contribution is -2.42. The van der Waals surface area contributed by atoms with Gasteiger partial charge >= 0.3 is 0 Å². The lowest BCUT2D eigenvalue weighted by molar-refractivity contribution is 0.0944. The molecule has 0 aliphatic carbocycles. The number of sulfonamides is 1. The molecule has 2 N–H and O–H groups in total. The number of aryl methyl sites for hydroxylation is 3. The molecule has 0 spiro atoms. The molecule has 0 fully saturated rings. The van der Waals surface area contributed by atoms with E-state index in [1.807, 2.05) is 18.2 Å². The van der Waals surface area contributed by atoms with Gasteiger partial charge in [0.2, 0.25) is 0 Å². The topological polar surface area (TPSA) is 75.3 Å². The van der Waals surface area contributed by atoms with E-state index in [-0.39, 0.29) is 10.3 Å². The van der Waals surface area contributed by atoms with Gasteiger partial charge in [-0.2, -0.15) is 0 Å². The zero-order valence-corrected chi connectivity index (χ0v) is 16.9. The van der Waals surface area contributed by atoms with Crippen molar-refractivity contribution in [3.05, 3.63) is 64.2 Å². The zero-order valence-electron chi connectivity index (χ0n) is 16.1. The SMILES string of the molecule is Cc1ccccc1C(=O)NNS(=O)(=O)c1c(C)cc(C(C)(C)C)cc1C. The third-order valence-corrected chi connectivity index (χ3v) is 5.84. The molecule has 0 bridgehead atoms. The number of hydrazine groups is 1. The molecule has 0 unspecified atom stereocenters. The number of hydrogen-bond donors (Lipinski definition) is 2. The van der Waals surface area contributed by atoms with E-state index in [0.717, 1.165) is 11.1 Å². The van der Waals surface area contributed by atoms with Crippen LogP contribution >= 0.6 is 0 Å². The lowest BCUT2D eigenvalue weighted by atomic mass is 9.85. The molecule has 2 aromatic carbocycles. The predicted octanol–water partition coefficient (Wildman–Crippen LogP) is 3.53. The molecule has 1 amide bonds. The second-order valence-electron chi connectivity index (χ2n) is 7.56. The Morgan fingerprint density at radius 1 is 0.923 bits per heavy atom. The summed E-state index contributed by atoms with van der Waals surface area (Å²) in [7, 11) is -3.88. The molecule has 26 heavy (non-hydrogen) atoms. The average molecular weight is 375 g/mol. The summed E-state index contributed by atoms with van der Waals surface area (Å²) in [6.07, 6.45) is 0. The van der Waals surface area contributed by atoms with Gasteiger partial charge in [-0.15, -0.1) is 4.83 Å². The van der Waals surface area contributed by atoms with E-state index in [1.165, 1.54) is 0 Å². The molecule has 0 atom stereocenters. The number of benzene rings is 2. The highest BCUT2D eigenvalue weighted by Gasteiger charge is 2.24. The van der Waals surface area contributed by atoms with Gasteiger partial charge in [0.05, 0.1) is 4.90 Å². The molecule has 0 aliphatic rings. The Kier molecular flexibility index (Phi) is 5.58. The van der Waals surface area contributed by atoms with Crippen LogP contribution in [0.3, 0.4) is 0 Å². The lowest BCUT2D eigenvalue weighted by Gasteiger charge is -2.22. The van der Waals surface area contributed by atoms with Crippen molar-refractivity contribution in [1.29, 1.82) is 0 Å². The van der Waals surface area contributed by atoms with Crippen molar-refractivity contribution in [2.75, 3.05) is 0 Å². The second kappa shape index (κ2) is 7.21. The summed E-state index contributed by atoms with van der Waals surface area (Å²) in [6.45, 7) is 11.6. The van der Waals surface area contributed by atoms with Crippen LogP contribution in [0.15, 0.2) is 41.3 Å². The average Bonchev–Trinajstić information content (AvgIpc) is 2.51. The molecular formula is C20H26N2O3S. The van der Waals surface area contributed by atoms with Crippen molar-refractivity contribution in [2.45, 2.75) is 51.9 Å². The van der Waals surface area contributed by atoms with E-state index in [9.17, 15) is 13.2 Å². The minimum atomic E-state index is -3.88. The minimum absolute atomic E-state index is 0.0791. The summed E-state index contributed by atoms with van der Waals surface area (Å²) < 4.78 is 25.5. The quantitative estimate of drug-likeness (QED) is 0.804. The standard InChI is InChI=1S/C20H26N2O3S/c1-13-9-7-8-10-17(13)19(23)21-22-26(24,25)18-14(2)11-16(12-15(18)3)20(4,5)6/h7-12,22H,1-6H3,(H,21,23). The van der Waals surface area contributed by atoms with Gasteiger partial charge in [-0.05, 0) is 54.5 Å².